The monoisotopic (exact) mass is 378 g/mol. The second-order valence-corrected chi connectivity index (χ2v) is 8.16. The minimum atomic E-state index is -0.0718. The summed E-state index contributed by atoms with van der Waals surface area (Å²) in [6.07, 6.45) is 9.35. The summed E-state index contributed by atoms with van der Waals surface area (Å²) in [6, 6.07) is 7.07. The molecule has 3 fully saturated rings. The van der Waals surface area contributed by atoms with Gasteiger partial charge in [-0.3, -0.25) is 4.79 Å². The quantitative estimate of drug-likeness (QED) is 0.831. The summed E-state index contributed by atoms with van der Waals surface area (Å²) in [7, 11) is 0. The topological polar surface area (TPSA) is 67.4 Å². The van der Waals surface area contributed by atoms with Crippen molar-refractivity contribution in [2.45, 2.75) is 50.5 Å². The van der Waals surface area contributed by atoms with Crippen LogP contribution in [0.5, 0.6) is 0 Å². The molecule has 2 heterocycles. The zero-order chi connectivity index (χ0) is 18.9. The number of rotatable bonds is 6. The third-order valence-corrected chi connectivity index (χ3v) is 5.74. The van der Waals surface area contributed by atoms with Crippen LogP contribution < -0.4 is 5.32 Å². The van der Waals surface area contributed by atoms with Crippen LogP contribution in [0.2, 0.25) is 0 Å². The Morgan fingerprint density at radius 3 is 2.32 bits per heavy atom. The summed E-state index contributed by atoms with van der Waals surface area (Å²) < 4.78 is 5.35. The molecule has 5 rings (SSSR count). The molecule has 0 bridgehead atoms. The summed E-state index contributed by atoms with van der Waals surface area (Å²) >= 11 is 0. The summed E-state index contributed by atoms with van der Waals surface area (Å²) in [4.78, 5) is 22.8. The van der Waals surface area contributed by atoms with Crippen LogP contribution in [0, 0.1) is 0 Å². The standard InChI is InChI=1S/C22H26N4O2/c27-21(26-6-1-7-28-14-26)20-12-24-22(25-13-20)23-11-15-8-18(16-2-3-16)10-19(9-15)17-4-5-17/h8-10,12-13,16-17H,1-7,11,14H2,(H,23,24,25). The van der Waals surface area contributed by atoms with Crippen molar-refractivity contribution in [3.8, 4) is 0 Å². The molecule has 1 saturated heterocycles. The highest BCUT2D eigenvalue weighted by molar-refractivity contribution is 5.93. The van der Waals surface area contributed by atoms with E-state index in [9.17, 15) is 4.79 Å². The average Bonchev–Trinajstić information content (AvgIpc) is 3.65. The van der Waals surface area contributed by atoms with Crippen molar-refractivity contribution in [3.63, 3.8) is 0 Å². The Bertz CT molecular complexity index is 823. The highest BCUT2D eigenvalue weighted by atomic mass is 16.5. The largest absolute Gasteiger partial charge is 0.361 e. The van der Waals surface area contributed by atoms with Gasteiger partial charge in [-0.05, 0) is 60.6 Å². The number of amides is 1. The Hall–Kier alpha value is -2.47. The van der Waals surface area contributed by atoms with E-state index < -0.39 is 0 Å². The normalized spacial score (nSPS) is 19.5. The van der Waals surface area contributed by atoms with Crippen molar-refractivity contribution in [1.29, 1.82) is 0 Å². The van der Waals surface area contributed by atoms with Gasteiger partial charge >= 0.3 is 0 Å². The predicted molar refractivity (Wildman–Crippen MR) is 106 cm³/mol. The van der Waals surface area contributed by atoms with Gasteiger partial charge in [-0.2, -0.15) is 0 Å². The zero-order valence-corrected chi connectivity index (χ0v) is 16.1. The van der Waals surface area contributed by atoms with Gasteiger partial charge in [0.15, 0.2) is 0 Å². The Morgan fingerprint density at radius 2 is 1.75 bits per heavy atom. The molecule has 6 heteroatoms. The molecule has 0 atom stereocenters. The smallest absolute Gasteiger partial charge is 0.258 e. The SMILES string of the molecule is O=C(c1cnc(NCc2cc(C3CC3)cc(C3CC3)c2)nc1)N1CCCOC1. The number of anilines is 1. The van der Waals surface area contributed by atoms with Crippen LogP contribution in [-0.4, -0.2) is 40.7 Å². The van der Waals surface area contributed by atoms with E-state index in [2.05, 4.69) is 33.5 Å². The molecule has 1 aromatic carbocycles. The van der Waals surface area contributed by atoms with Crippen molar-refractivity contribution < 1.29 is 9.53 Å². The molecule has 2 aromatic rings. The minimum Gasteiger partial charge on any atom is -0.361 e. The Morgan fingerprint density at radius 1 is 1.07 bits per heavy atom. The van der Waals surface area contributed by atoms with Crippen molar-refractivity contribution in [1.82, 2.24) is 14.9 Å². The van der Waals surface area contributed by atoms with E-state index in [0.29, 0.717) is 31.4 Å². The first kappa shape index (κ1) is 17.6. The third-order valence-electron chi connectivity index (χ3n) is 5.74. The summed E-state index contributed by atoms with van der Waals surface area (Å²) in [5, 5.41) is 3.31. The van der Waals surface area contributed by atoms with Crippen LogP contribution in [0.15, 0.2) is 30.6 Å². The molecule has 2 aliphatic carbocycles. The number of nitrogens with zero attached hydrogens (tertiary/aromatic N) is 3. The fraction of sp³-hybridized carbons (Fsp3) is 0.500. The fourth-order valence-corrected chi connectivity index (χ4v) is 3.80. The zero-order valence-electron chi connectivity index (χ0n) is 16.1. The molecule has 6 nitrogen and oxygen atoms in total. The molecule has 1 aromatic heterocycles. The number of ether oxygens (including phenoxy) is 1. The molecule has 0 unspecified atom stereocenters. The maximum Gasteiger partial charge on any atom is 0.258 e. The molecule has 146 valence electrons. The second-order valence-electron chi connectivity index (χ2n) is 8.16. The number of hydrogen-bond acceptors (Lipinski definition) is 5. The Labute approximate surface area is 165 Å². The molecule has 1 aliphatic heterocycles. The fourth-order valence-electron chi connectivity index (χ4n) is 3.80. The first-order valence-corrected chi connectivity index (χ1v) is 10.3. The maximum atomic E-state index is 12.5. The average molecular weight is 378 g/mol. The van der Waals surface area contributed by atoms with Crippen LogP contribution in [0.1, 0.15) is 71.0 Å². The molecule has 0 radical (unpaired) electrons. The molecule has 1 amide bonds. The Balaban J connectivity index is 1.24. The van der Waals surface area contributed by atoms with Crippen LogP contribution in [0.4, 0.5) is 5.95 Å². The first-order chi connectivity index (χ1) is 13.8. The van der Waals surface area contributed by atoms with Crippen LogP contribution in [-0.2, 0) is 11.3 Å². The van der Waals surface area contributed by atoms with Crippen LogP contribution in [0.3, 0.4) is 0 Å². The van der Waals surface area contributed by atoms with Crippen LogP contribution >= 0.6 is 0 Å². The van der Waals surface area contributed by atoms with Crippen LogP contribution in [0.25, 0.3) is 0 Å². The van der Waals surface area contributed by atoms with Gasteiger partial charge in [0.2, 0.25) is 5.95 Å². The van der Waals surface area contributed by atoms with E-state index in [1.54, 1.807) is 17.3 Å². The summed E-state index contributed by atoms with van der Waals surface area (Å²) in [6.45, 7) is 2.49. The van der Waals surface area contributed by atoms with Gasteiger partial charge in [-0.15, -0.1) is 0 Å². The van der Waals surface area contributed by atoms with E-state index >= 15 is 0 Å². The van der Waals surface area contributed by atoms with E-state index in [-0.39, 0.29) is 5.91 Å². The molecule has 3 aliphatic rings. The number of aromatic nitrogens is 2. The lowest BCUT2D eigenvalue weighted by atomic mass is 10.00. The van der Waals surface area contributed by atoms with Gasteiger partial charge in [0.05, 0.1) is 12.2 Å². The van der Waals surface area contributed by atoms with Gasteiger partial charge in [0.1, 0.15) is 6.73 Å². The third kappa shape index (κ3) is 4.02. The lowest BCUT2D eigenvalue weighted by Gasteiger charge is -2.26. The first-order valence-electron chi connectivity index (χ1n) is 10.3. The maximum absolute atomic E-state index is 12.5. The predicted octanol–water partition coefficient (Wildman–Crippen LogP) is 3.66. The summed E-state index contributed by atoms with van der Waals surface area (Å²) in [5.41, 5.74) is 4.78. The minimum absolute atomic E-state index is 0.0718. The highest BCUT2D eigenvalue weighted by Gasteiger charge is 2.28. The molecular weight excluding hydrogens is 352 g/mol. The molecule has 1 N–H and O–H groups in total. The van der Waals surface area contributed by atoms with Gasteiger partial charge in [-0.25, -0.2) is 9.97 Å². The van der Waals surface area contributed by atoms with Crippen molar-refractivity contribution >= 4 is 11.9 Å². The van der Waals surface area contributed by atoms with E-state index in [4.69, 9.17) is 4.74 Å². The Kier molecular flexibility index (Phi) is 4.72. The highest BCUT2D eigenvalue weighted by Crippen LogP contribution is 2.45. The van der Waals surface area contributed by atoms with E-state index in [0.717, 1.165) is 24.8 Å². The van der Waals surface area contributed by atoms with Crippen molar-refractivity contribution in [2.24, 2.45) is 0 Å². The molecule has 2 saturated carbocycles. The van der Waals surface area contributed by atoms with Crippen molar-refractivity contribution in [2.75, 3.05) is 25.2 Å². The number of benzene rings is 1. The number of hydrogen-bond donors (Lipinski definition) is 1. The number of nitrogens with one attached hydrogen (secondary N) is 1. The second kappa shape index (κ2) is 7.51. The van der Waals surface area contributed by atoms with E-state index in [1.165, 1.54) is 42.4 Å². The van der Waals surface area contributed by atoms with Gasteiger partial charge < -0.3 is 15.0 Å². The van der Waals surface area contributed by atoms with Gasteiger partial charge in [-0.1, -0.05) is 18.2 Å². The van der Waals surface area contributed by atoms with Gasteiger partial charge in [0, 0.05) is 25.5 Å². The molecule has 0 spiro atoms. The lowest BCUT2D eigenvalue weighted by molar-refractivity contribution is -0.00575. The van der Waals surface area contributed by atoms with E-state index in [1.807, 2.05) is 0 Å². The number of carbonyl (C=O) groups excluding carboxylic acids is 1. The summed E-state index contributed by atoms with van der Waals surface area (Å²) in [5.74, 6) is 2.00. The molecular formula is C22H26N4O2. The van der Waals surface area contributed by atoms with Gasteiger partial charge in [0.25, 0.3) is 5.91 Å². The van der Waals surface area contributed by atoms with Crippen molar-refractivity contribution in [3.05, 3.63) is 52.8 Å². The number of carbonyl (C=O) groups is 1. The molecule has 28 heavy (non-hydrogen) atoms. The lowest BCUT2D eigenvalue weighted by Crippen LogP contribution is -2.38.